The highest BCUT2D eigenvalue weighted by atomic mass is 35.5. The van der Waals surface area contributed by atoms with E-state index in [4.69, 9.17) is 16.3 Å². The molecule has 0 fully saturated rings. The predicted octanol–water partition coefficient (Wildman–Crippen LogP) is 6.50. The zero-order valence-electron chi connectivity index (χ0n) is 15.9. The van der Waals surface area contributed by atoms with Crippen LogP contribution in [0.2, 0.25) is 0 Å². The van der Waals surface area contributed by atoms with Crippen molar-refractivity contribution >= 4 is 17.6 Å². The lowest BCUT2D eigenvalue weighted by molar-refractivity contribution is -0.143. The molecular weight excluding hydrogens is 320 g/mol. The van der Waals surface area contributed by atoms with Crippen LogP contribution < -0.4 is 0 Å². The third kappa shape index (κ3) is 16.2. The van der Waals surface area contributed by atoms with E-state index in [0.717, 1.165) is 38.5 Å². The number of carbonyl (C=O) groups excluding carboxylic acids is 1. The van der Waals surface area contributed by atoms with E-state index in [1.165, 1.54) is 38.5 Å². The number of rotatable bonds is 15. The topological polar surface area (TPSA) is 26.3 Å². The van der Waals surface area contributed by atoms with Crippen LogP contribution in [0.4, 0.5) is 0 Å². The number of hydrogen-bond acceptors (Lipinski definition) is 2. The first-order chi connectivity index (χ1) is 11.7. The molecule has 0 aliphatic rings. The van der Waals surface area contributed by atoms with Crippen molar-refractivity contribution in [1.29, 1.82) is 0 Å². The summed E-state index contributed by atoms with van der Waals surface area (Å²) >= 11 is 5.98. The summed E-state index contributed by atoms with van der Waals surface area (Å²) in [6, 6.07) is 0. The summed E-state index contributed by atoms with van der Waals surface area (Å²) in [4.78, 5) is 11.6. The standard InChI is InChI=1S/C21H37ClO2/c1-3-5-7-9-11-15-20(19-22)16-12-13-17-21(23)24-18-14-10-8-6-4-2/h20H,3-10,12-14,16-19H2,1-2H3. The molecule has 3 heteroatoms. The Morgan fingerprint density at radius 3 is 2.38 bits per heavy atom. The summed E-state index contributed by atoms with van der Waals surface area (Å²) in [6.45, 7) is 4.98. The second-order valence-corrected chi connectivity index (χ2v) is 6.82. The Morgan fingerprint density at radius 1 is 0.958 bits per heavy atom. The first-order valence-electron chi connectivity index (χ1n) is 9.94. The number of carbonyl (C=O) groups is 1. The minimum absolute atomic E-state index is 0.0569. The van der Waals surface area contributed by atoms with Gasteiger partial charge in [-0.3, -0.25) is 4.79 Å². The quantitative estimate of drug-likeness (QED) is 0.145. The molecule has 24 heavy (non-hydrogen) atoms. The van der Waals surface area contributed by atoms with E-state index in [1.54, 1.807) is 0 Å². The lowest BCUT2D eigenvalue weighted by Crippen LogP contribution is -2.06. The van der Waals surface area contributed by atoms with Crippen LogP contribution in [0.15, 0.2) is 0 Å². The van der Waals surface area contributed by atoms with Gasteiger partial charge in [-0.2, -0.15) is 0 Å². The van der Waals surface area contributed by atoms with Crippen LogP contribution in [0, 0.1) is 17.8 Å². The SMILES string of the molecule is CCCCCC#CC(CCl)CCCCC(=O)OCCCCCCC. The van der Waals surface area contributed by atoms with E-state index < -0.39 is 0 Å². The largest absolute Gasteiger partial charge is 0.466 e. The van der Waals surface area contributed by atoms with Crippen LogP contribution in [0.5, 0.6) is 0 Å². The van der Waals surface area contributed by atoms with Gasteiger partial charge < -0.3 is 4.74 Å². The van der Waals surface area contributed by atoms with Crippen molar-refractivity contribution in [2.75, 3.05) is 12.5 Å². The zero-order chi connectivity index (χ0) is 17.9. The van der Waals surface area contributed by atoms with E-state index in [2.05, 4.69) is 25.7 Å². The molecule has 0 heterocycles. The van der Waals surface area contributed by atoms with Crippen molar-refractivity contribution < 1.29 is 9.53 Å². The molecule has 0 aliphatic heterocycles. The number of esters is 1. The van der Waals surface area contributed by atoms with Crippen LogP contribution in [-0.2, 0) is 9.53 Å². The molecule has 0 aromatic carbocycles. The average Bonchev–Trinajstić information content (AvgIpc) is 2.59. The minimum atomic E-state index is -0.0569. The smallest absolute Gasteiger partial charge is 0.305 e. The number of alkyl halides is 1. The summed E-state index contributed by atoms with van der Waals surface area (Å²) in [5, 5.41) is 0. The second kappa shape index (κ2) is 18.7. The molecular formula is C21H37ClO2. The number of unbranched alkanes of at least 4 members (excludes halogenated alkanes) is 8. The Balaban J connectivity index is 3.58. The summed E-state index contributed by atoms with van der Waals surface area (Å²) < 4.78 is 5.27. The fraction of sp³-hybridized carbons (Fsp3) is 0.857. The van der Waals surface area contributed by atoms with Crippen LogP contribution >= 0.6 is 11.6 Å². The van der Waals surface area contributed by atoms with Crippen molar-refractivity contribution in [2.45, 2.75) is 97.3 Å². The first kappa shape index (κ1) is 23.3. The normalized spacial score (nSPS) is 11.6. The summed E-state index contributed by atoms with van der Waals surface area (Å²) in [5.41, 5.74) is 0. The molecule has 1 unspecified atom stereocenters. The highest BCUT2D eigenvalue weighted by Gasteiger charge is 2.06. The Kier molecular flexibility index (Phi) is 18.1. The van der Waals surface area contributed by atoms with E-state index in [0.29, 0.717) is 18.9 Å². The van der Waals surface area contributed by atoms with E-state index >= 15 is 0 Å². The Morgan fingerprint density at radius 2 is 1.67 bits per heavy atom. The highest BCUT2D eigenvalue weighted by Crippen LogP contribution is 2.12. The van der Waals surface area contributed by atoms with E-state index in [1.807, 2.05) is 0 Å². The number of hydrogen-bond donors (Lipinski definition) is 0. The first-order valence-corrected chi connectivity index (χ1v) is 10.5. The van der Waals surface area contributed by atoms with Crippen LogP contribution in [0.3, 0.4) is 0 Å². The van der Waals surface area contributed by atoms with Gasteiger partial charge in [-0.15, -0.1) is 17.5 Å². The molecule has 0 bridgehead atoms. The third-order valence-corrected chi connectivity index (χ3v) is 4.46. The molecule has 0 aromatic heterocycles. The summed E-state index contributed by atoms with van der Waals surface area (Å²) in [7, 11) is 0. The van der Waals surface area contributed by atoms with Gasteiger partial charge in [-0.25, -0.2) is 0 Å². The van der Waals surface area contributed by atoms with Crippen molar-refractivity contribution in [3.63, 3.8) is 0 Å². The molecule has 0 aliphatic carbocycles. The third-order valence-electron chi connectivity index (χ3n) is 4.09. The fourth-order valence-corrected chi connectivity index (χ4v) is 2.72. The van der Waals surface area contributed by atoms with Crippen LogP contribution in [-0.4, -0.2) is 18.5 Å². The summed E-state index contributed by atoms with van der Waals surface area (Å²) in [6.07, 6.45) is 13.9. The van der Waals surface area contributed by atoms with Gasteiger partial charge in [-0.05, 0) is 25.7 Å². The Labute approximate surface area is 155 Å². The molecule has 0 spiro atoms. The maximum absolute atomic E-state index is 11.6. The lowest BCUT2D eigenvalue weighted by atomic mass is 10.0. The minimum Gasteiger partial charge on any atom is -0.466 e. The van der Waals surface area contributed by atoms with Crippen molar-refractivity contribution in [3.8, 4) is 11.8 Å². The van der Waals surface area contributed by atoms with Gasteiger partial charge in [0.25, 0.3) is 0 Å². The maximum atomic E-state index is 11.6. The molecule has 0 rings (SSSR count). The van der Waals surface area contributed by atoms with Crippen LogP contribution in [0.1, 0.15) is 97.3 Å². The van der Waals surface area contributed by atoms with E-state index in [-0.39, 0.29) is 11.9 Å². The van der Waals surface area contributed by atoms with E-state index in [9.17, 15) is 4.79 Å². The van der Waals surface area contributed by atoms with Gasteiger partial charge in [-0.1, -0.05) is 64.7 Å². The molecule has 0 saturated heterocycles. The molecule has 0 radical (unpaired) electrons. The fourth-order valence-electron chi connectivity index (χ4n) is 2.49. The highest BCUT2D eigenvalue weighted by molar-refractivity contribution is 6.18. The Hall–Kier alpha value is -0.680. The van der Waals surface area contributed by atoms with Gasteiger partial charge in [0.1, 0.15) is 0 Å². The van der Waals surface area contributed by atoms with Crippen molar-refractivity contribution in [2.24, 2.45) is 5.92 Å². The van der Waals surface area contributed by atoms with Gasteiger partial charge in [0.15, 0.2) is 0 Å². The van der Waals surface area contributed by atoms with Crippen molar-refractivity contribution in [1.82, 2.24) is 0 Å². The average molecular weight is 357 g/mol. The monoisotopic (exact) mass is 356 g/mol. The number of ether oxygens (including phenoxy) is 1. The van der Waals surface area contributed by atoms with Gasteiger partial charge in [0, 0.05) is 24.6 Å². The lowest BCUT2D eigenvalue weighted by Gasteiger charge is -2.07. The molecule has 140 valence electrons. The van der Waals surface area contributed by atoms with Gasteiger partial charge >= 0.3 is 5.97 Å². The summed E-state index contributed by atoms with van der Waals surface area (Å²) in [5.74, 6) is 7.32. The van der Waals surface area contributed by atoms with Crippen molar-refractivity contribution in [3.05, 3.63) is 0 Å². The molecule has 0 aromatic rings. The predicted molar refractivity (Wildman–Crippen MR) is 104 cm³/mol. The molecule has 0 amide bonds. The number of halogens is 1. The second-order valence-electron chi connectivity index (χ2n) is 6.51. The van der Waals surface area contributed by atoms with Crippen LogP contribution in [0.25, 0.3) is 0 Å². The van der Waals surface area contributed by atoms with Gasteiger partial charge in [0.05, 0.1) is 6.61 Å². The molecule has 2 nitrogen and oxygen atoms in total. The molecule has 1 atom stereocenters. The molecule has 0 saturated carbocycles. The zero-order valence-corrected chi connectivity index (χ0v) is 16.6. The molecule has 0 N–H and O–H groups in total. The Bertz CT molecular complexity index is 343. The maximum Gasteiger partial charge on any atom is 0.305 e. The van der Waals surface area contributed by atoms with Gasteiger partial charge in [0.2, 0.25) is 0 Å².